The number of alkyl halides is 3. The quantitative estimate of drug-likeness (QED) is 0.789. The zero-order valence-corrected chi connectivity index (χ0v) is 13.6. The maximum atomic E-state index is 12.6. The summed E-state index contributed by atoms with van der Waals surface area (Å²) < 4.78 is 38.9. The standard InChI is InChI=1S/C16H16BrF3N2/c1-22(9-11-4-2-3-5-14(11)17)10-12-6-7-13(8-15(12)21)16(18,19)20/h2-8H,9-10,21H2,1H3. The zero-order valence-electron chi connectivity index (χ0n) is 12.0. The van der Waals surface area contributed by atoms with Crippen molar-refractivity contribution in [2.75, 3.05) is 12.8 Å². The average Bonchev–Trinajstić information content (AvgIpc) is 2.42. The summed E-state index contributed by atoms with van der Waals surface area (Å²) in [5, 5.41) is 0. The fourth-order valence-electron chi connectivity index (χ4n) is 2.18. The fraction of sp³-hybridized carbons (Fsp3) is 0.250. The van der Waals surface area contributed by atoms with E-state index in [2.05, 4.69) is 15.9 Å². The molecule has 2 aromatic rings. The van der Waals surface area contributed by atoms with Gasteiger partial charge in [0.15, 0.2) is 0 Å². The molecule has 0 bridgehead atoms. The topological polar surface area (TPSA) is 29.3 Å². The Morgan fingerprint density at radius 2 is 1.68 bits per heavy atom. The number of nitrogens with zero attached hydrogens (tertiary/aromatic N) is 1. The van der Waals surface area contributed by atoms with Crippen LogP contribution in [0, 0.1) is 0 Å². The van der Waals surface area contributed by atoms with Crippen molar-refractivity contribution in [3.8, 4) is 0 Å². The molecule has 6 heteroatoms. The third-order valence-corrected chi connectivity index (χ3v) is 4.09. The maximum Gasteiger partial charge on any atom is 0.416 e. The molecule has 0 aliphatic heterocycles. The normalized spacial score (nSPS) is 11.9. The molecule has 0 unspecified atom stereocenters. The van der Waals surface area contributed by atoms with Crippen molar-refractivity contribution < 1.29 is 13.2 Å². The van der Waals surface area contributed by atoms with Crippen LogP contribution in [0.4, 0.5) is 18.9 Å². The number of nitrogen functional groups attached to an aromatic ring is 1. The Kier molecular flexibility index (Phi) is 5.13. The molecule has 0 saturated heterocycles. The zero-order chi connectivity index (χ0) is 16.3. The Balaban J connectivity index is 2.09. The molecule has 0 amide bonds. The van der Waals surface area contributed by atoms with Gasteiger partial charge in [-0.15, -0.1) is 0 Å². The van der Waals surface area contributed by atoms with Crippen LogP contribution >= 0.6 is 15.9 Å². The highest BCUT2D eigenvalue weighted by Crippen LogP contribution is 2.31. The average molecular weight is 373 g/mol. The first-order valence-electron chi connectivity index (χ1n) is 6.65. The fourth-order valence-corrected chi connectivity index (χ4v) is 2.59. The van der Waals surface area contributed by atoms with Crippen LogP contribution in [0.25, 0.3) is 0 Å². The summed E-state index contributed by atoms with van der Waals surface area (Å²) in [6, 6.07) is 11.3. The number of rotatable bonds is 4. The second kappa shape index (κ2) is 6.71. The number of anilines is 1. The highest BCUT2D eigenvalue weighted by molar-refractivity contribution is 9.10. The third-order valence-electron chi connectivity index (χ3n) is 3.31. The SMILES string of the molecule is CN(Cc1ccc(C(F)(F)F)cc1N)Cc1ccccc1Br. The first-order valence-corrected chi connectivity index (χ1v) is 7.44. The van der Waals surface area contributed by atoms with E-state index in [9.17, 15) is 13.2 Å². The van der Waals surface area contributed by atoms with Crippen molar-refractivity contribution >= 4 is 21.6 Å². The number of hydrogen-bond acceptors (Lipinski definition) is 2. The van der Waals surface area contributed by atoms with Gasteiger partial charge in [-0.3, -0.25) is 4.90 Å². The molecule has 0 aromatic heterocycles. The molecule has 0 atom stereocenters. The summed E-state index contributed by atoms with van der Waals surface area (Å²) >= 11 is 3.48. The third kappa shape index (κ3) is 4.24. The first-order chi connectivity index (χ1) is 10.3. The van der Waals surface area contributed by atoms with E-state index in [4.69, 9.17) is 5.73 Å². The molecule has 0 aliphatic carbocycles. The van der Waals surface area contributed by atoms with E-state index in [1.807, 2.05) is 36.2 Å². The Bertz CT molecular complexity index is 656. The lowest BCUT2D eigenvalue weighted by atomic mass is 10.1. The van der Waals surface area contributed by atoms with Gasteiger partial charge in [-0.2, -0.15) is 13.2 Å². The number of nitrogens with two attached hydrogens (primary N) is 1. The monoisotopic (exact) mass is 372 g/mol. The molecule has 0 heterocycles. The Labute approximate surface area is 135 Å². The summed E-state index contributed by atoms with van der Waals surface area (Å²) in [7, 11) is 1.90. The minimum atomic E-state index is -4.37. The summed E-state index contributed by atoms with van der Waals surface area (Å²) in [5.74, 6) is 0. The lowest BCUT2D eigenvalue weighted by Crippen LogP contribution is -2.18. The molecule has 0 radical (unpaired) electrons. The van der Waals surface area contributed by atoms with Crippen molar-refractivity contribution in [1.82, 2.24) is 4.90 Å². The van der Waals surface area contributed by atoms with Gasteiger partial charge >= 0.3 is 6.18 Å². The summed E-state index contributed by atoms with van der Waals surface area (Å²) in [6.45, 7) is 1.15. The minimum Gasteiger partial charge on any atom is -0.398 e. The Morgan fingerprint density at radius 3 is 2.27 bits per heavy atom. The van der Waals surface area contributed by atoms with Gasteiger partial charge in [-0.05, 0) is 36.4 Å². The van der Waals surface area contributed by atoms with E-state index in [-0.39, 0.29) is 5.69 Å². The molecule has 0 spiro atoms. The molecule has 2 rings (SSSR count). The molecule has 0 saturated carbocycles. The molecule has 2 N–H and O–H groups in total. The van der Waals surface area contributed by atoms with Crippen LogP contribution in [0.5, 0.6) is 0 Å². The molecule has 0 aliphatic rings. The molecule has 2 nitrogen and oxygen atoms in total. The smallest absolute Gasteiger partial charge is 0.398 e. The van der Waals surface area contributed by atoms with Crippen LogP contribution in [0.2, 0.25) is 0 Å². The predicted octanol–water partition coefficient (Wildman–Crippen LogP) is 4.68. The highest BCUT2D eigenvalue weighted by atomic mass is 79.9. The van der Waals surface area contributed by atoms with Crippen molar-refractivity contribution in [3.63, 3.8) is 0 Å². The molecule has 0 fully saturated rings. The minimum absolute atomic E-state index is 0.161. The lowest BCUT2D eigenvalue weighted by molar-refractivity contribution is -0.137. The second-order valence-corrected chi connectivity index (χ2v) is 6.03. The molecule has 118 valence electrons. The van der Waals surface area contributed by atoms with Crippen LogP contribution in [0.3, 0.4) is 0 Å². The van der Waals surface area contributed by atoms with E-state index in [0.29, 0.717) is 18.7 Å². The number of benzene rings is 2. The lowest BCUT2D eigenvalue weighted by Gasteiger charge is -2.19. The van der Waals surface area contributed by atoms with Gasteiger partial charge in [-0.1, -0.05) is 40.2 Å². The van der Waals surface area contributed by atoms with Crippen molar-refractivity contribution in [3.05, 3.63) is 63.6 Å². The van der Waals surface area contributed by atoms with E-state index in [1.54, 1.807) is 0 Å². The summed E-state index contributed by atoms with van der Waals surface area (Å²) in [4.78, 5) is 2.00. The van der Waals surface area contributed by atoms with Gasteiger partial charge in [0.25, 0.3) is 0 Å². The van der Waals surface area contributed by atoms with Crippen LogP contribution in [0.15, 0.2) is 46.9 Å². The van der Waals surface area contributed by atoms with Gasteiger partial charge in [0.2, 0.25) is 0 Å². The van der Waals surface area contributed by atoms with Gasteiger partial charge in [-0.25, -0.2) is 0 Å². The first kappa shape index (κ1) is 16.8. The summed E-state index contributed by atoms with van der Waals surface area (Å²) in [5.41, 5.74) is 6.98. The number of halogens is 4. The molecule has 22 heavy (non-hydrogen) atoms. The predicted molar refractivity (Wildman–Crippen MR) is 85.2 cm³/mol. The van der Waals surface area contributed by atoms with E-state index in [0.717, 1.165) is 22.2 Å². The van der Waals surface area contributed by atoms with E-state index < -0.39 is 11.7 Å². The Hall–Kier alpha value is -1.53. The van der Waals surface area contributed by atoms with Gasteiger partial charge in [0.05, 0.1) is 5.56 Å². The van der Waals surface area contributed by atoms with Gasteiger partial charge in [0, 0.05) is 23.2 Å². The van der Waals surface area contributed by atoms with Crippen molar-refractivity contribution in [1.29, 1.82) is 0 Å². The molecular formula is C16H16BrF3N2. The van der Waals surface area contributed by atoms with Crippen molar-refractivity contribution in [2.45, 2.75) is 19.3 Å². The summed E-state index contributed by atoms with van der Waals surface area (Å²) in [6.07, 6.45) is -4.37. The molecular weight excluding hydrogens is 357 g/mol. The molecule has 2 aromatic carbocycles. The van der Waals surface area contributed by atoms with Gasteiger partial charge < -0.3 is 5.73 Å². The van der Waals surface area contributed by atoms with Crippen LogP contribution in [-0.4, -0.2) is 11.9 Å². The largest absolute Gasteiger partial charge is 0.416 e. The number of hydrogen-bond donors (Lipinski definition) is 1. The van der Waals surface area contributed by atoms with Gasteiger partial charge in [0.1, 0.15) is 0 Å². The highest BCUT2D eigenvalue weighted by Gasteiger charge is 2.30. The van der Waals surface area contributed by atoms with Crippen LogP contribution < -0.4 is 5.73 Å². The van der Waals surface area contributed by atoms with Crippen LogP contribution in [0.1, 0.15) is 16.7 Å². The second-order valence-electron chi connectivity index (χ2n) is 5.18. The van der Waals surface area contributed by atoms with E-state index in [1.165, 1.54) is 6.07 Å². The van der Waals surface area contributed by atoms with Crippen LogP contribution in [-0.2, 0) is 19.3 Å². The maximum absolute atomic E-state index is 12.6. The van der Waals surface area contributed by atoms with Crippen molar-refractivity contribution in [2.24, 2.45) is 0 Å². The Morgan fingerprint density at radius 1 is 1.05 bits per heavy atom. The van der Waals surface area contributed by atoms with E-state index >= 15 is 0 Å².